The molecule has 0 N–H and O–H groups in total. The highest BCUT2D eigenvalue weighted by Crippen LogP contribution is 2.19. The molecule has 3 rings (SSSR count). The van der Waals surface area contributed by atoms with Crippen molar-refractivity contribution in [2.45, 2.75) is 13.3 Å². The van der Waals surface area contributed by atoms with Crippen LogP contribution in [0.2, 0.25) is 0 Å². The van der Waals surface area contributed by atoms with Gasteiger partial charge in [0, 0.05) is 49.6 Å². The zero-order chi connectivity index (χ0) is 22.4. The monoisotopic (exact) mass is 424 g/mol. The summed E-state index contributed by atoms with van der Waals surface area (Å²) < 4.78 is 10.3. The van der Waals surface area contributed by atoms with E-state index in [1.165, 1.54) is 0 Å². The van der Waals surface area contributed by atoms with Gasteiger partial charge in [0.15, 0.2) is 5.78 Å². The molecule has 0 aliphatic carbocycles. The summed E-state index contributed by atoms with van der Waals surface area (Å²) in [5.74, 6) is 0.687. The van der Waals surface area contributed by atoms with Crippen molar-refractivity contribution in [2.24, 2.45) is 5.92 Å². The summed E-state index contributed by atoms with van der Waals surface area (Å²) >= 11 is 0. The molecular formula is C24H28N2O5. The van der Waals surface area contributed by atoms with Crippen molar-refractivity contribution in [3.63, 3.8) is 0 Å². The van der Waals surface area contributed by atoms with Crippen LogP contribution in [0, 0.1) is 5.92 Å². The first-order chi connectivity index (χ1) is 14.9. The van der Waals surface area contributed by atoms with Crippen LogP contribution < -0.4 is 9.47 Å². The number of carbonyl (C=O) groups is 3. The molecule has 1 aliphatic rings. The van der Waals surface area contributed by atoms with E-state index in [1.807, 2.05) is 0 Å². The Labute approximate surface area is 182 Å². The minimum Gasteiger partial charge on any atom is -0.497 e. The molecule has 2 aromatic rings. The van der Waals surface area contributed by atoms with Gasteiger partial charge in [0.2, 0.25) is 5.91 Å². The van der Waals surface area contributed by atoms with Crippen LogP contribution in [0.3, 0.4) is 0 Å². The summed E-state index contributed by atoms with van der Waals surface area (Å²) in [6.07, 6.45) is 0.147. The van der Waals surface area contributed by atoms with Gasteiger partial charge in [-0.25, -0.2) is 0 Å². The summed E-state index contributed by atoms with van der Waals surface area (Å²) in [4.78, 5) is 41.6. The van der Waals surface area contributed by atoms with E-state index in [4.69, 9.17) is 9.47 Å². The van der Waals surface area contributed by atoms with Gasteiger partial charge >= 0.3 is 0 Å². The van der Waals surface area contributed by atoms with E-state index in [0.29, 0.717) is 48.8 Å². The van der Waals surface area contributed by atoms with Crippen molar-refractivity contribution in [1.82, 2.24) is 9.80 Å². The number of ketones is 1. The standard InChI is InChI=1S/C24H28N2O5/c1-17(15-22(27)18-7-9-20(30-2)10-8-18)23(28)25-11-13-26(14-12-25)24(29)19-5-4-6-21(16-19)31-3/h4-10,16-17H,11-15H2,1-3H3/t17-/m1/s1. The normalized spacial score (nSPS) is 14.7. The SMILES string of the molecule is COc1ccc(C(=O)C[C@@H](C)C(=O)N2CCN(C(=O)c3cccc(OC)c3)CC2)cc1. The highest BCUT2D eigenvalue weighted by molar-refractivity contribution is 5.98. The van der Waals surface area contributed by atoms with Gasteiger partial charge in [-0.2, -0.15) is 0 Å². The quantitative estimate of drug-likeness (QED) is 0.639. The Morgan fingerprint density at radius 3 is 2.06 bits per heavy atom. The molecule has 0 saturated carbocycles. The van der Waals surface area contributed by atoms with Crippen LogP contribution >= 0.6 is 0 Å². The maximum atomic E-state index is 12.8. The summed E-state index contributed by atoms with van der Waals surface area (Å²) in [5.41, 5.74) is 1.13. The number of nitrogens with zero attached hydrogens (tertiary/aromatic N) is 2. The molecule has 31 heavy (non-hydrogen) atoms. The number of hydrogen-bond donors (Lipinski definition) is 0. The zero-order valence-corrected chi connectivity index (χ0v) is 18.2. The lowest BCUT2D eigenvalue weighted by Crippen LogP contribution is -2.51. The first-order valence-corrected chi connectivity index (χ1v) is 10.3. The average Bonchev–Trinajstić information content (AvgIpc) is 2.83. The lowest BCUT2D eigenvalue weighted by Gasteiger charge is -2.36. The van der Waals surface area contributed by atoms with E-state index in [-0.39, 0.29) is 24.0 Å². The number of hydrogen-bond acceptors (Lipinski definition) is 5. The zero-order valence-electron chi connectivity index (χ0n) is 18.2. The molecule has 2 amide bonds. The number of methoxy groups -OCH3 is 2. The van der Waals surface area contributed by atoms with Crippen LogP contribution in [0.5, 0.6) is 11.5 Å². The number of amides is 2. The molecule has 0 aromatic heterocycles. The minimum atomic E-state index is -0.421. The van der Waals surface area contributed by atoms with E-state index in [9.17, 15) is 14.4 Å². The van der Waals surface area contributed by atoms with Crippen molar-refractivity contribution in [2.75, 3.05) is 40.4 Å². The number of ether oxygens (including phenoxy) is 2. The number of carbonyl (C=O) groups excluding carboxylic acids is 3. The van der Waals surface area contributed by atoms with Crippen molar-refractivity contribution in [3.8, 4) is 11.5 Å². The van der Waals surface area contributed by atoms with E-state index in [0.717, 1.165) is 0 Å². The Balaban J connectivity index is 1.52. The second kappa shape index (κ2) is 10.1. The van der Waals surface area contributed by atoms with Gasteiger partial charge in [0.1, 0.15) is 11.5 Å². The topological polar surface area (TPSA) is 76.2 Å². The van der Waals surface area contributed by atoms with Crippen LogP contribution in [0.1, 0.15) is 34.1 Å². The highest BCUT2D eigenvalue weighted by Gasteiger charge is 2.28. The molecule has 1 heterocycles. The largest absolute Gasteiger partial charge is 0.497 e. The van der Waals surface area contributed by atoms with E-state index < -0.39 is 5.92 Å². The van der Waals surface area contributed by atoms with Gasteiger partial charge in [0.05, 0.1) is 14.2 Å². The van der Waals surface area contributed by atoms with Crippen LogP contribution in [0.15, 0.2) is 48.5 Å². The molecule has 0 radical (unpaired) electrons. The minimum absolute atomic E-state index is 0.0599. The highest BCUT2D eigenvalue weighted by atomic mass is 16.5. The summed E-state index contributed by atoms with van der Waals surface area (Å²) in [6, 6.07) is 13.9. The molecule has 7 heteroatoms. The molecule has 1 fully saturated rings. The van der Waals surface area contributed by atoms with Crippen LogP contribution in [0.25, 0.3) is 0 Å². The predicted octanol–water partition coefficient (Wildman–Crippen LogP) is 2.90. The Hall–Kier alpha value is -3.35. The van der Waals surface area contributed by atoms with Gasteiger partial charge in [-0.15, -0.1) is 0 Å². The maximum Gasteiger partial charge on any atom is 0.254 e. The van der Waals surface area contributed by atoms with Crippen molar-refractivity contribution in [3.05, 3.63) is 59.7 Å². The third-order valence-corrected chi connectivity index (χ3v) is 5.52. The summed E-state index contributed by atoms with van der Waals surface area (Å²) in [7, 11) is 3.14. The lowest BCUT2D eigenvalue weighted by atomic mass is 9.98. The molecule has 1 atom stereocenters. The fraction of sp³-hybridized carbons (Fsp3) is 0.375. The molecule has 1 saturated heterocycles. The van der Waals surface area contributed by atoms with Crippen LogP contribution in [-0.4, -0.2) is 67.8 Å². The first kappa shape index (κ1) is 22.3. The van der Waals surface area contributed by atoms with E-state index >= 15 is 0 Å². The van der Waals surface area contributed by atoms with E-state index in [1.54, 1.807) is 79.5 Å². The van der Waals surface area contributed by atoms with Gasteiger partial charge in [-0.05, 0) is 42.5 Å². The summed E-state index contributed by atoms with van der Waals surface area (Å²) in [5, 5.41) is 0. The number of benzene rings is 2. The van der Waals surface area contributed by atoms with Crippen LogP contribution in [0.4, 0.5) is 0 Å². The molecule has 0 spiro atoms. The number of piperazine rings is 1. The third kappa shape index (κ3) is 5.42. The van der Waals surface area contributed by atoms with Gasteiger partial charge in [-0.3, -0.25) is 14.4 Å². The lowest BCUT2D eigenvalue weighted by molar-refractivity contribution is -0.136. The molecule has 0 unspecified atom stereocenters. The first-order valence-electron chi connectivity index (χ1n) is 10.3. The molecule has 2 aromatic carbocycles. The fourth-order valence-electron chi connectivity index (χ4n) is 3.64. The molecule has 1 aliphatic heterocycles. The second-order valence-electron chi connectivity index (χ2n) is 7.61. The molecule has 164 valence electrons. The second-order valence-corrected chi connectivity index (χ2v) is 7.61. The van der Waals surface area contributed by atoms with Gasteiger partial charge < -0.3 is 19.3 Å². The van der Waals surface area contributed by atoms with Gasteiger partial charge in [0.25, 0.3) is 5.91 Å². The van der Waals surface area contributed by atoms with Crippen LogP contribution in [-0.2, 0) is 4.79 Å². The smallest absolute Gasteiger partial charge is 0.254 e. The average molecular weight is 424 g/mol. The third-order valence-electron chi connectivity index (χ3n) is 5.52. The Morgan fingerprint density at radius 2 is 1.45 bits per heavy atom. The Kier molecular flexibility index (Phi) is 7.28. The molecular weight excluding hydrogens is 396 g/mol. The van der Waals surface area contributed by atoms with Crippen molar-refractivity contribution >= 4 is 17.6 Å². The van der Waals surface area contributed by atoms with Gasteiger partial charge in [-0.1, -0.05) is 13.0 Å². The maximum absolute atomic E-state index is 12.8. The summed E-state index contributed by atoms with van der Waals surface area (Å²) in [6.45, 7) is 3.60. The predicted molar refractivity (Wildman–Crippen MR) is 117 cm³/mol. The van der Waals surface area contributed by atoms with Crippen molar-refractivity contribution in [1.29, 1.82) is 0 Å². The van der Waals surface area contributed by atoms with E-state index in [2.05, 4.69) is 0 Å². The Morgan fingerprint density at radius 1 is 0.839 bits per heavy atom. The molecule has 0 bridgehead atoms. The Bertz CT molecular complexity index is 933. The number of rotatable bonds is 7. The fourth-order valence-corrected chi connectivity index (χ4v) is 3.64. The van der Waals surface area contributed by atoms with Crippen molar-refractivity contribution < 1.29 is 23.9 Å². The number of Topliss-reactive ketones (excluding diaryl/α,β-unsaturated/α-hetero) is 1. The molecule has 7 nitrogen and oxygen atoms in total.